The Bertz CT molecular complexity index is 796. The van der Waals surface area contributed by atoms with E-state index in [4.69, 9.17) is 16.3 Å². The summed E-state index contributed by atoms with van der Waals surface area (Å²) in [6.07, 6.45) is 0. The molecule has 0 spiro atoms. The van der Waals surface area contributed by atoms with Gasteiger partial charge in [0.2, 0.25) is 0 Å². The number of hydrogen-bond acceptors (Lipinski definition) is 1. The lowest BCUT2D eigenvalue weighted by molar-refractivity contribution is 0.0959. The average molecular weight is 374 g/mol. The van der Waals surface area contributed by atoms with Crippen LogP contribution >= 0.6 is 11.6 Å². The molecule has 0 aliphatic rings. The van der Waals surface area contributed by atoms with E-state index in [1.165, 1.54) is 13.2 Å². The lowest BCUT2D eigenvalue weighted by Crippen LogP contribution is -2.53. The standard InChI is InChI=1S/C20H16ClF2OSi/c1-24-15-12-13-19(18(14-15)20(21,22)23)25(16-8-4-2-5-9-16)17-10-6-3-7-11-17/h2-14H,1H3. The van der Waals surface area contributed by atoms with Crippen molar-refractivity contribution in [1.29, 1.82) is 0 Å². The third-order valence-corrected chi connectivity index (χ3v) is 6.93. The monoisotopic (exact) mass is 373 g/mol. The van der Waals surface area contributed by atoms with Crippen LogP contribution in [-0.2, 0) is 5.38 Å². The molecule has 0 atom stereocenters. The molecule has 3 aromatic rings. The molecule has 0 aliphatic heterocycles. The van der Waals surface area contributed by atoms with Gasteiger partial charge in [-0.05, 0) is 28.9 Å². The second kappa shape index (κ2) is 7.38. The van der Waals surface area contributed by atoms with Crippen molar-refractivity contribution in [2.75, 3.05) is 7.11 Å². The normalized spacial score (nSPS) is 11.6. The van der Waals surface area contributed by atoms with Crippen LogP contribution in [0.2, 0.25) is 0 Å². The molecule has 0 N–H and O–H groups in total. The van der Waals surface area contributed by atoms with Gasteiger partial charge in [0, 0.05) is 5.56 Å². The van der Waals surface area contributed by atoms with Crippen molar-refractivity contribution in [2.45, 2.75) is 5.38 Å². The Morgan fingerprint density at radius 1 is 0.840 bits per heavy atom. The first-order valence-electron chi connectivity index (χ1n) is 7.74. The van der Waals surface area contributed by atoms with Gasteiger partial charge in [0.1, 0.15) is 5.75 Å². The Kier molecular flexibility index (Phi) is 5.21. The molecule has 3 rings (SSSR count). The number of halogens is 3. The molecule has 0 fully saturated rings. The number of ether oxygens (including phenoxy) is 1. The molecule has 1 nitrogen and oxygen atoms in total. The van der Waals surface area contributed by atoms with Crippen molar-refractivity contribution >= 4 is 36.0 Å². The van der Waals surface area contributed by atoms with Gasteiger partial charge in [-0.1, -0.05) is 77.1 Å². The fourth-order valence-corrected chi connectivity index (χ4v) is 5.78. The zero-order chi connectivity index (χ0) is 17.9. The summed E-state index contributed by atoms with van der Waals surface area (Å²) in [4.78, 5) is 0. The minimum atomic E-state index is -3.47. The number of benzene rings is 3. The zero-order valence-corrected chi connectivity index (χ0v) is 15.3. The van der Waals surface area contributed by atoms with Gasteiger partial charge in [-0.3, -0.25) is 0 Å². The largest absolute Gasteiger partial charge is 0.497 e. The molecule has 127 valence electrons. The summed E-state index contributed by atoms with van der Waals surface area (Å²) in [7, 11) is -0.184. The smallest absolute Gasteiger partial charge is 0.348 e. The predicted molar refractivity (Wildman–Crippen MR) is 100 cm³/mol. The highest BCUT2D eigenvalue weighted by molar-refractivity contribution is 6.95. The van der Waals surface area contributed by atoms with Gasteiger partial charge in [-0.25, -0.2) is 0 Å². The molecule has 0 unspecified atom stereocenters. The summed E-state index contributed by atoms with van der Waals surface area (Å²) >= 11 is 5.44. The minimum absolute atomic E-state index is 0.199. The van der Waals surface area contributed by atoms with E-state index in [0.717, 1.165) is 10.4 Å². The van der Waals surface area contributed by atoms with E-state index in [2.05, 4.69) is 0 Å². The summed E-state index contributed by atoms with van der Waals surface area (Å²) in [5.74, 6) is 0.363. The number of methoxy groups -OCH3 is 1. The quantitative estimate of drug-likeness (QED) is 0.378. The highest BCUT2D eigenvalue weighted by atomic mass is 35.5. The molecule has 25 heavy (non-hydrogen) atoms. The number of alkyl halides is 3. The summed E-state index contributed by atoms with van der Waals surface area (Å²) in [5.41, 5.74) is -0.199. The van der Waals surface area contributed by atoms with Crippen LogP contribution in [0, 0.1) is 0 Å². The van der Waals surface area contributed by atoms with Crippen molar-refractivity contribution < 1.29 is 13.5 Å². The maximum atomic E-state index is 14.1. The van der Waals surface area contributed by atoms with E-state index in [0.29, 0.717) is 10.9 Å². The molecule has 0 amide bonds. The maximum Gasteiger partial charge on any atom is 0.348 e. The molecule has 0 heterocycles. The van der Waals surface area contributed by atoms with E-state index in [1.807, 2.05) is 60.7 Å². The Morgan fingerprint density at radius 2 is 1.36 bits per heavy atom. The second-order valence-electron chi connectivity index (χ2n) is 5.52. The fourth-order valence-electron chi connectivity index (χ4n) is 2.79. The molecule has 0 saturated heterocycles. The van der Waals surface area contributed by atoms with Crippen LogP contribution in [0.1, 0.15) is 5.56 Å². The first-order chi connectivity index (χ1) is 12.0. The SMILES string of the molecule is COc1ccc([Si](c2ccccc2)c2ccccc2)c(C(F)(F)Cl)c1. The fraction of sp³-hybridized carbons (Fsp3) is 0.100. The lowest BCUT2D eigenvalue weighted by atomic mass is 10.2. The van der Waals surface area contributed by atoms with Crippen LogP contribution in [0.3, 0.4) is 0 Å². The topological polar surface area (TPSA) is 9.23 Å². The molecular formula is C20H16ClF2OSi. The average Bonchev–Trinajstić information content (AvgIpc) is 2.63. The third-order valence-electron chi connectivity index (χ3n) is 3.93. The van der Waals surface area contributed by atoms with Gasteiger partial charge in [-0.2, -0.15) is 8.78 Å². The third kappa shape index (κ3) is 3.91. The van der Waals surface area contributed by atoms with Crippen LogP contribution < -0.4 is 20.3 Å². The summed E-state index contributed by atoms with van der Waals surface area (Å²) in [6, 6.07) is 24.2. The lowest BCUT2D eigenvalue weighted by Gasteiger charge is -2.22. The summed E-state index contributed by atoms with van der Waals surface area (Å²) < 4.78 is 33.4. The van der Waals surface area contributed by atoms with E-state index in [1.54, 1.807) is 12.1 Å². The highest BCUT2D eigenvalue weighted by Crippen LogP contribution is 2.33. The van der Waals surface area contributed by atoms with Crippen molar-refractivity contribution in [1.82, 2.24) is 0 Å². The van der Waals surface area contributed by atoms with E-state index >= 15 is 0 Å². The van der Waals surface area contributed by atoms with Crippen molar-refractivity contribution in [3.63, 3.8) is 0 Å². The van der Waals surface area contributed by atoms with Crippen LogP contribution in [0.5, 0.6) is 5.75 Å². The zero-order valence-electron chi connectivity index (χ0n) is 13.5. The van der Waals surface area contributed by atoms with Crippen molar-refractivity contribution in [3.8, 4) is 5.75 Å². The van der Waals surface area contributed by atoms with Crippen molar-refractivity contribution in [3.05, 3.63) is 84.4 Å². The highest BCUT2D eigenvalue weighted by Gasteiger charge is 2.35. The molecule has 3 aromatic carbocycles. The van der Waals surface area contributed by atoms with Crippen LogP contribution in [0.25, 0.3) is 0 Å². The van der Waals surface area contributed by atoms with Crippen LogP contribution in [0.15, 0.2) is 78.9 Å². The second-order valence-corrected chi connectivity index (χ2v) is 8.43. The summed E-state index contributed by atoms with van der Waals surface area (Å²) in [6.45, 7) is 0. The van der Waals surface area contributed by atoms with E-state index in [9.17, 15) is 8.78 Å². The van der Waals surface area contributed by atoms with Gasteiger partial charge in [-0.15, -0.1) is 0 Å². The summed E-state index contributed by atoms with van der Waals surface area (Å²) in [5, 5.41) is -0.871. The number of rotatable bonds is 5. The van der Waals surface area contributed by atoms with Gasteiger partial charge >= 0.3 is 5.38 Å². The molecule has 1 radical (unpaired) electrons. The van der Waals surface area contributed by atoms with Gasteiger partial charge in [0.05, 0.1) is 7.11 Å². The first-order valence-corrected chi connectivity index (χ1v) is 9.62. The predicted octanol–water partition coefficient (Wildman–Crippen LogP) is 3.50. The van der Waals surface area contributed by atoms with Gasteiger partial charge in [0.15, 0.2) is 8.80 Å². The van der Waals surface area contributed by atoms with Crippen LogP contribution in [0.4, 0.5) is 8.78 Å². The minimum Gasteiger partial charge on any atom is -0.497 e. The van der Waals surface area contributed by atoms with Crippen molar-refractivity contribution in [2.24, 2.45) is 0 Å². The first kappa shape index (κ1) is 17.6. The van der Waals surface area contributed by atoms with Gasteiger partial charge in [0.25, 0.3) is 0 Å². The molecular weight excluding hydrogens is 358 g/mol. The Hall–Kier alpha value is -2.17. The van der Waals surface area contributed by atoms with Gasteiger partial charge < -0.3 is 4.74 Å². The maximum absolute atomic E-state index is 14.1. The van der Waals surface area contributed by atoms with E-state index in [-0.39, 0.29) is 5.56 Å². The molecule has 0 bridgehead atoms. The Balaban J connectivity index is 2.24. The number of hydrogen-bond donors (Lipinski definition) is 0. The van der Waals surface area contributed by atoms with E-state index < -0.39 is 14.2 Å². The van der Waals surface area contributed by atoms with Crippen LogP contribution in [-0.4, -0.2) is 15.9 Å². The Morgan fingerprint density at radius 3 is 1.80 bits per heavy atom. The molecule has 0 saturated carbocycles. The Labute approximate surface area is 152 Å². The molecule has 0 aliphatic carbocycles. The molecule has 0 aromatic heterocycles. The molecule has 5 heteroatoms.